The number of quaternary nitrogens is 1. The van der Waals surface area contributed by atoms with E-state index in [1.54, 1.807) is 0 Å². The number of nitrogens with one attached hydrogen (secondary N) is 1. The number of carbonyl (C=O) groups is 2. The second-order valence-electron chi connectivity index (χ2n) is 8.34. The number of likely N-dealkylation sites (tertiary alicyclic amines) is 1. The second-order valence-corrected chi connectivity index (χ2v) is 9.22. The van der Waals surface area contributed by atoms with Gasteiger partial charge in [-0.15, -0.1) is 11.3 Å². The average Bonchev–Trinajstić information content (AvgIpc) is 3.10. The predicted octanol–water partition coefficient (Wildman–Crippen LogP) is 5.07. The van der Waals surface area contributed by atoms with Crippen LogP contribution >= 0.6 is 11.3 Å². The van der Waals surface area contributed by atoms with Crippen LogP contribution in [-0.4, -0.2) is 42.6 Å². The van der Waals surface area contributed by atoms with Gasteiger partial charge in [0.25, 0.3) is 5.91 Å². The molecule has 1 atom stereocenters. The van der Waals surface area contributed by atoms with Crippen molar-refractivity contribution in [2.75, 3.05) is 25.5 Å². The molecule has 1 fully saturated rings. The molecule has 1 saturated heterocycles. The number of esters is 1. The summed E-state index contributed by atoms with van der Waals surface area (Å²) in [6.07, 6.45) is 4.26. The Morgan fingerprint density at radius 3 is 2.47 bits per heavy atom. The third-order valence-electron chi connectivity index (χ3n) is 6.40. The van der Waals surface area contributed by atoms with Gasteiger partial charge in [-0.3, -0.25) is 4.79 Å². The fourth-order valence-corrected chi connectivity index (χ4v) is 5.64. The van der Waals surface area contributed by atoms with Crippen molar-refractivity contribution in [3.8, 4) is 0 Å². The van der Waals surface area contributed by atoms with E-state index in [0.29, 0.717) is 10.6 Å². The molecule has 0 spiro atoms. The van der Waals surface area contributed by atoms with Crippen LogP contribution < -0.4 is 5.32 Å². The molecule has 1 aromatic heterocycles. The molecule has 6 heteroatoms. The monoisotopic (exact) mass is 429 g/mol. The SMILES string of the molecule is CCC(C(=O)Nc1c(C)csc1C(=O)OC)[N+]1(Cc2ccccc2C)CCCCC1. The Morgan fingerprint density at radius 2 is 1.83 bits per heavy atom. The Morgan fingerprint density at radius 1 is 1.13 bits per heavy atom. The molecule has 1 aliphatic heterocycles. The maximum Gasteiger partial charge on any atom is 0.350 e. The quantitative estimate of drug-likeness (QED) is 0.494. The van der Waals surface area contributed by atoms with Crippen LogP contribution in [0.2, 0.25) is 0 Å². The number of hydrogen-bond acceptors (Lipinski definition) is 4. The van der Waals surface area contributed by atoms with E-state index in [1.165, 1.54) is 36.0 Å². The first-order valence-corrected chi connectivity index (χ1v) is 11.7. The van der Waals surface area contributed by atoms with Crippen LogP contribution in [0.15, 0.2) is 29.6 Å². The van der Waals surface area contributed by atoms with E-state index >= 15 is 0 Å². The second kappa shape index (κ2) is 9.75. The molecule has 0 aliphatic carbocycles. The molecular weight excluding hydrogens is 396 g/mol. The number of piperidine rings is 1. The lowest BCUT2D eigenvalue weighted by molar-refractivity contribution is -0.959. The third kappa shape index (κ3) is 4.60. The number of carbonyl (C=O) groups excluding carboxylic acids is 2. The lowest BCUT2D eigenvalue weighted by Gasteiger charge is -2.46. The topological polar surface area (TPSA) is 55.4 Å². The number of rotatable bonds is 7. The van der Waals surface area contributed by atoms with Gasteiger partial charge in [-0.2, -0.15) is 0 Å². The molecule has 1 aliphatic rings. The van der Waals surface area contributed by atoms with Gasteiger partial charge in [0.15, 0.2) is 6.04 Å². The summed E-state index contributed by atoms with van der Waals surface area (Å²) in [7, 11) is 1.37. The number of benzene rings is 1. The van der Waals surface area contributed by atoms with Crippen LogP contribution in [0.3, 0.4) is 0 Å². The number of aryl methyl sites for hydroxylation is 2. The first-order valence-electron chi connectivity index (χ1n) is 10.8. The molecule has 1 amide bonds. The maximum absolute atomic E-state index is 13.6. The van der Waals surface area contributed by atoms with Crippen molar-refractivity contribution in [3.05, 3.63) is 51.2 Å². The Hall–Kier alpha value is -2.18. The highest BCUT2D eigenvalue weighted by Gasteiger charge is 2.42. The molecule has 0 saturated carbocycles. The van der Waals surface area contributed by atoms with Crippen molar-refractivity contribution in [3.63, 3.8) is 0 Å². The number of hydrogen-bond donors (Lipinski definition) is 1. The average molecular weight is 430 g/mol. The maximum atomic E-state index is 13.6. The van der Waals surface area contributed by atoms with E-state index in [-0.39, 0.29) is 11.9 Å². The highest BCUT2D eigenvalue weighted by atomic mass is 32.1. The Balaban J connectivity index is 1.91. The molecule has 1 aromatic carbocycles. The lowest BCUT2D eigenvalue weighted by Crippen LogP contribution is -2.61. The molecule has 0 radical (unpaired) electrons. The van der Waals surface area contributed by atoms with Crippen molar-refractivity contribution in [1.82, 2.24) is 0 Å². The number of ether oxygens (including phenoxy) is 1. The smallest absolute Gasteiger partial charge is 0.350 e. The predicted molar refractivity (Wildman–Crippen MR) is 122 cm³/mol. The minimum Gasteiger partial charge on any atom is -0.465 e. The molecular formula is C24H33N2O3S+. The summed E-state index contributed by atoms with van der Waals surface area (Å²) >= 11 is 1.32. The number of thiophene rings is 1. The van der Waals surface area contributed by atoms with Gasteiger partial charge in [0.1, 0.15) is 11.4 Å². The highest BCUT2D eigenvalue weighted by Crippen LogP contribution is 2.32. The van der Waals surface area contributed by atoms with Crippen LogP contribution in [0, 0.1) is 13.8 Å². The summed E-state index contributed by atoms with van der Waals surface area (Å²) in [6.45, 7) is 9.04. The zero-order chi connectivity index (χ0) is 21.7. The van der Waals surface area contributed by atoms with E-state index in [9.17, 15) is 9.59 Å². The van der Waals surface area contributed by atoms with Crippen molar-refractivity contribution in [1.29, 1.82) is 0 Å². The normalized spacial score (nSPS) is 16.7. The molecule has 3 rings (SSSR count). The van der Waals surface area contributed by atoms with Crippen LogP contribution in [-0.2, 0) is 16.1 Å². The minimum atomic E-state index is -0.404. The standard InChI is InChI=1S/C24H32N2O3S/c1-5-20(23(27)25-21-18(3)16-30-22(21)24(28)29-4)26(13-9-6-10-14-26)15-19-12-8-7-11-17(19)2/h7-8,11-12,16,20H,5-6,9-10,13-15H2,1-4H3/p+1. The van der Waals surface area contributed by atoms with Crippen molar-refractivity contribution in [2.24, 2.45) is 0 Å². The van der Waals surface area contributed by atoms with Crippen molar-refractivity contribution in [2.45, 2.75) is 59.0 Å². The number of anilines is 1. The van der Waals surface area contributed by atoms with Gasteiger partial charge in [0.2, 0.25) is 0 Å². The van der Waals surface area contributed by atoms with Gasteiger partial charge < -0.3 is 14.5 Å². The van der Waals surface area contributed by atoms with E-state index in [2.05, 4.69) is 43.4 Å². The number of nitrogens with zero attached hydrogens (tertiary/aromatic N) is 1. The van der Waals surface area contributed by atoms with E-state index in [4.69, 9.17) is 4.74 Å². The van der Waals surface area contributed by atoms with E-state index < -0.39 is 5.97 Å². The van der Waals surface area contributed by atoms with Crippen LogP contribution in [0.1, 0.15) is 59.0 Å². The van der Waals surface area contributed by atoms with Gasteiger partial charge in [-0.1, -0.05) is 31.2 Å². The Kier molecular flexibility index (Phi) is 7.32. The van der Waals surface area contributed by atoms with Gasteiger partial charge in [-0.05, 0) is 49.6 Å². The lowest BCUT2D eigenvalue weighted by atomic mass is 9.97. The molecule has 5 nitrogen and oxygen atoms in total. The van der Waals surface area contributed by atoms with Gasteiger partial charge in [-0.25, -0.2) is 4.79 Å². The van der Waals surface area contributed by atoms with Crippen molar-refractivity contribution >= 4 is 28.9 Å². The fraction of sp³-hybridized carbons (Fsp3) is 0.500. The van der Waals surface area contributed by atoms with Crippen LogP contribution in [0.4, 0.5) is 5.69 Å². The zero-order valence-corrected chi connectivity index (χ0v) is 19.3. The molecule has 1 unspecified atom stereocenters. The van der Waals surface area contributed by atoms with Crippen molar-refractivity contribution < 1.29 is 18.8 Å². The van der Waals surface area contributed by atoms with Crippen LogP contribution in [0.5, 0.6) is 0 Å². The molecule has 0 bridgehead atoms. The van der Waals surface area contributed by atoms with Gasteiger partial charge in [0, 0.05) is 12.0 Å². The number of methoxy groups -OCH3 is 1. The summed E-state index contributed by atoms with van der Waals surface area (Å²) in [5.74, 6) is -0.405. The molecule has 162 valence electrons. The largest absolute Gasteiger partial charge is 0.465 e. The third-order valence-corrected chi connectivity index (χ3v) is 7.48. The number of amides is 1. The first kappa shape index (κ1) is 22.5. The van der Waals surface area contributed by atoms with E-state index in [0.717, 1.165) is 48.9 Å². The minimum absolute atomic E-state index is 0.000336. The molecule has 1 N–H and O–H groups in total. The Labute approximate surface area is 183 Å². The molecule has 2 heterocycles. The van der Waals surface area contributed by atoms with Crippen LogP contribution in [0.25, 0.3) is 0 Å². The van der Waals surface area contributed by atoms with E-state index in [1.807, 2.05) is 12.3 Å². The summed E-state index contributed by atoms with van der Waals surface area (Å²) < 4.78 is 5.68. The molecule has 30 heavy (non-hydrogen) atoms. The van der Waals surface area contributed by atoms with Gasteiger partial charge in [0.05, 0.1) is 25.9 Å². The summed E-state index contributed by atoms with van der Waals surface area (Å²) in [4.78, 5) is 26.2. The zero-order valence-electron chi connectivity index (χ0n) is 18.5. The molecule has 2 aromatic rings. The summed E-state index contributed by atoms with van der Waals surface area (Å²) in [5, 5.41) is 4.99. The summed E-state index contributed by atoms with van der Waals surface area (Å²) in [6, 6.07) is 8.33. The summed E-state index contributed by atoms with van der Waals surface area (Å²) in [5.41, 5.74) is 4.08. The first-order chi connectivity index (χ1) is 14.4. The van der Waals surface area contributed by atoms with Gasteiger partial charge >= 0.3 is 5.97 Å². The fourth-order valence-electron chi connectivity index (χ4n) is 4.72. The Bertz CT molecular complexity index is 900. The highest BCUT2D eigenvalue weighted by molar-refractivity contribution is 7.12.